The second-order valence-corrected chi connectivity index (χ2v) is 6.05. The summed E-state index contributed by atoms with van der Waals surface area (Å²) in [6, 6.07) is 14.5. The SMILES string of the molecule is CN(C)c1ccc([N+](=O)[O-])cc1C(=O)NCCCCc1ccccc1. The summed E-state index contributed by atoms with van der Waals surface area (Å²) >= 11 is 0. The lowest BCUT2D eigenvalue weighted by atomic mass is 10.1. The normalized spacial score (nSPS) is 10.3. The van der Waals surface area contributed by atoms with Crippen LogP contribution in [0.2, 0.25) is 0 Å². The fraction of sp³-hybridized carbons (Fsp3) is 0.316. The first-order valence-corrected chi connectivity index (χ1v) is 8.27. The van der Waals surface area contributed by atoms with Crippen molar-refractivity contribution in [2.24, 2.45) is 0 Å². The molecule has 25 heavy (non-hydrogen) atoms. The molecule has 0 aromatic heterocycles. The highest BCUT2D eigenvalue weighted by Gasteiger charge is 2.17. The molecule has 0 saturated heterocycles. The van der Waals surface area contributed by atoms with E-state index in [0.29, 0.717) is 17.8 Å². The molecule has 0 radical (unpaired) electrons. The molecule has 1 amide bonds. The van der Waals surface area contributed by atoms with Crippen LogP contribution in [0.25, 0.3) is 0 Å². The molecule has 2 rings (SSSR count). The molecule has 0 bridgehead atoms. The van der Waals surface area contributed by atoms with Crippen molar-refractivity contribution in [1.82, 2.24) is 5.32 Å². The molecule has 0 spiro atoms. The van der Waals surface area contributed by atoms with Crippen LogP contribution in [0, 0.1) is 10.1 Å². The number of unbranched alkanes of at least 4 members (excludes halogenated alkanes) is 1. The number of nitrogens with one attached hydrogen (secondary N) is 1. The van der Waals surface area contributed by atoms with Crippen molar-refractivity contribution >= 4 is 17.3 Å². The molecule has 2 aromatic carbocycles. The maximum Gasteiger partial charge on any atom is 0.270 e. The van der Waals surface area contributed by atoms with Crippen molar-refractivity contribution in [3.8, 4) is 0 Å². The van der Waals surface area contributed by atoms with Crippen LogP contribution in [-0.2, 0) is 6.42 Å². The molecule has 0 unspecified atom stereocenters. The summed E-state index contributed by atoms with van der Waals surface area (Å²) in [6.07, 6.45) is 2.79. The Labute approximate surface area is 147 Å². The van der Waals surface area contributed by atoms with Gasteiger partial charge in [-0.05, 0) is 30.9 Å². The van der Waals surface area contributed by atoms with Crippen LogP contribution < -0.4 is 10.2 Å². The van der Waals surface area contributed by atoms with Crippen LogP contribution in [0.15, 0.2) is 48.5 Å². The van der Waals surface area contributed by atoms with Crippen molar-refractivity contribution in [2.75, 3.05) is 25.5 Å². The van der Waals surface area contributed by atoms with E-state index in [0.717, 1.165) is 19.3 Å². The Bertz CT molecular complexity index is 730. The predicted molar refractivity (Wildman–Crippen MR) is 99.1 cm³/mol. The minimum atomic E-state index is -0.490. The van der Waals surface area contributed by atoms with Crippen molar-refractivity contribution in [1.29, 1.82) is 0 Å². The number of benzene rings is 2. The number of nitro groups is 1. The van der Waals surface area contributed by atoms with E-state index in [1.54, 1.807) is 25.1 Å². The molecule has 0 aliphatic heterocycles. The molecule has 0 heterocycles. The minimum absolute atomic E-state index is 0.0835. The summed E-state index contributed by atoms with van der Waals surface area (Å²) in [5.41, 5.74) is 2.18. The number of hydrogen-bond donors (Lipinski definition) is 1. The molecule has 0 saturated carbocycles. The number of aryl methyl sites for hydroxylation is 1. The third-order valence-corrected chi connectivity index (χ3v) is 3.94. The fourth-order valence-electron chi connectivity index (χ4n) is 2.61. The molecule has 0 fully saturated rings. The van der Waals surface area contributed by atoms with Crippen molar-refractivity contribution < 1.29 is 9.72 Å². The molecule has 1 N–H and O–H groups in total. The van der Waals surface area contributed by atoms with E-state index in [-0.39, 0.29) is 11.6 Å². The van der Waals surface area contributed by atoms with E-state index in [2.05, 4.69) is 17.4 Å². The predicted octanol–water partition coefficient (Wildman–Crippen LogP) is 3.41. The third-order valence-electron chi connectivity index (χ3n) is 3.94. The van der Waals surface area contributed by atoms with Crippen molar-refractivity contribution in [3.63, 3.8) is 0 Å². The molecule has 6 nitrogen and oxygen atoms in total. The van der Waals surface area contributed by atoms with Gasteiger partial charge in [0.25, 0.3) is 11.6 Å². The first-order chi connectivity index (χ1) is 12.0. The average Bonchev–Trinajstić information content (AvgIpc) is 2.61. The number of carbonyl (C=O) groups is 1. The monoisotopic (exact) mass is 341 g/mol. The maximum atomic E-state index is 12.4. The zero-order valence-electron chi connectivity index (χ0n) is 14.6. The molecule has 6 heteroatoms. The molecule has 132 valence electrons. The van der Waals surface area contributed by atoms with Gasteiger partial charge in [-0.2, -0.15) is 0 Å². The van der Waals surface area contributed by atoms with E-state index in [9.17, 15) is 14.9 Å². The molecule has 0 aliphatic carbocycles. The van der Waals surface area contributed by atoms with Gasteiger partial charge in [-0.15, -0.1) is 0 Å². The summed E-state index contributed by atoms with van der Waals surface area (Å²) in [6.45, 7) is 0.543. The summed E-state index contributed by atoms with van der Waals surface area (Å²) in [4.78, 5) is 24.7. The second kappa shape index (κ2) is 8.82. The molecular weight excluding hydrogens is 318 g/mol. The average molecular weight is 341 g/mol. The molecular formula is C19H23N3O3. The Kier molecular flexibility index (Phi) is 6.51. The minimum Gasteiger partial charge on any atom is -0.377 e. The van der Waals surface area contributed by atoms with E-state index >= 15 is 0 Å². The van der Waals surface area contributed by atoms with Crippen molar-refractivity contribution in [2.45, 2.75) is 19.3 Å². The topological polar surface area (TPSA) is 75.5 Å². The third kappa shape index (κ3) is 5.31. The van der Waals surface area contributed by atoms with E-state index < -0.39 is 4.92 Å². The second-order valence-electron chi connectivity index (χ2n) is 6.05. The standard InChI is InChI=1S/C19H23N3O3/c1-21(2)18-12-11-16(22(24)25)14-17(18)19(23)20-13-7-6-10-15-8-4-3-5-9-15/h3-5,8-9,11-12,14H,6-7,10,13H2,1-2H3,(H,20,23). The lowest BCUT2D eigenvalue weighted by molar-refractivity contribution is -0.384. The van der Waals surface area contributed by atoms with Crippen LogP contribution in [0.1, 0.15) is 28.8 Å². The number of amides is 1. The highest BCUT2D eigenvalue weighted by molar-refractivity contribution is 6.00. The number of non-ortho nitro benzene ring substituents is 1. The number of anilines is 1. The van der Waals surface area contributed by atoms with E-state index in [1.807, 2.05) is 18.2 Å². The number of hydrogen-bond acceptors (Lipinski definition) is 4. The number of rotatable bonds is 8. The number of nitro benzene ring substituents is 1. The Morgan fingerprint density at radius 1 is 1.12 bits per heavy atom. The van der Waals surface area contributed by atoms with Crippen LogP contribution in [0.4, 0.5) is 11.4 Å². The highest BCUT2D eigenvalue weighted by atomic mass is 16.6. The van der Waals surface area contributed by atoms with Crippen LogP contribution in [-0.4, -0.2) is 31.5 Å². The van der Waals surface area contributed by atoms with E-state index in [4.69, 9.17) is 0 Å². The number of carbonyl (C=O) groups excluding carboxylic acids is 1. The van der Waals surface area contributed by atoms with Gasteiger partial charge in [0, 0.05) is 38.5 Å². The fourth-order valence-corrected chi connectivity index (χ4v) is 2.61. The van der Waals surface area contributed by atoms with Gasteiger partial charge in [0.1, 0.15) is 0 Å². The van der Waals surface area contributed by atoms with Gasteiger partial charge >= 0.3 is 0 Å². The molecule has 2 aromatic rings. The maximum absolute atomic E-state index is 12.4. The Morgan fingerprint density at radius 3 is 2.48 bits per heavy atom. The van der Waals surface area contributed by atoms with Gasteiger partial charge < -0.3 is 10.2 Å². The quantitative estimate of drug-likeness (QED) is 0.453. The van der Waals surface area contributed by atoms with Gasteiger partial charge in [0.15, 0.2) is 0 Å². The van der Waals surface area contributed by atoms with Gasteiger partial charge in [-0.3, -0.25) is 14.9 Å². The van der Waals surface area contributed by atoms with Gasteiger partial charge in [-0.25, -0.2) is 0 Å². The summed E-state index contributed by atoms with van der Waals surface area (Å²) in [5.74, 6) is -0.285. The van der Waals surface area contributed by atoms with Crippen LogP contribution >= 0.6 is 0 Å². The first-order valence-electron chi connectivity index (χ1n) is 8.27. The summed E-state index contributed by atoms with van der Waals surface area (Å²) in [7, 11) is 3.61. The Morgan fingerprint density at radius 2 is 1.84 bits per heavy atom. The van der Waals surface area contributed by atoms with E-state index in [1.165, 1.54) is 17.7 Å². The lowest BCUT2D eigenvalue weighted by Crippen LogP contribution is -2.26. The molecule has 0 aliphatic rings. The smallest absolute Gasteiger partial charge is 0.270 e. The Hall–Kier alpha value is -2.89. The van der Waals surface area contributed by atoms with Crippen LogP contribution in [0.5, 0.6) is 0 Å². The largest absolute Gasteiger partial charge is 0.377 e. The van der Waals surface area contributed by atoms with Gasteiger partial charge in [0.05, 0.1) is 10.5 Å². The zero-order chi connectivity index (χ0) is 18.2. The van der Waals surface area contributed by atoms with Crippen LogP contribution in [0.3, 0.4) is 0 Å². The van der Waals surface area contributed by atoms with Gasteiger partial charge in [-0.1, -0.05) is 30.3 Å². The highest BCUT2D eigenvalue weighted by Crippen LogP contribution is 2.24. The van der Waals surface area contributed by atoms with Crippen molar-refractivity contribution in [3.05, 3.63) is 69.8 Å². The zero-order valence-corrected chi connectivity index (χ0v) is 14.6. The summed E-state index contributed by atoms with van der Waals surface area (Å²) < 4.78 is 0. The molecule has 0 atom stereocenters. The summed E-state index contributed by atoms with van der Waals surface area (Å²) in [5, 5.41) is 13.8. The number of nitrogens with zero attached hydrogens (tertiary/aromatic N) is 2. The Balaban J connectivity index is 1.91. The first kappa shape index (κ1) is 18.4. The lowest BCUT2D eigenvalue weighted by Gasteiger charge is -2.17. The van der Waals surface area contributed by atoms with Gasteiger partial charge in [0.2, 0.25) is 0 Å².